The van der Waals surface area contributed by atoms with Crippen LogP contribution in [0, 0.1) is 5.92 Å². The largest absolute Gasteiger partial charge is 0.303 e. The van der Waals surface area contributed by atoms with Crippen molar-refractivity contribution < 1.29 is 0 Å². The van der Waals surface area contributed by atoms with Crippen molar-refractivity contribution in [3.63, 3.8) is 0 Å². The second kappa shape index (κ2) is 15.7. The predicted octanol–water partition coefficient (Wildman–Crippen LogP) is 7.27. The van der Waals surface area contributed by atoms with E-state index in [1.165, 1.54) is 142 Å². The Hall–Kier alpha value is -0.0800. The van der Waals surface area contributed by atoms with Gasteiger partial charge < -0.3 is 4.90 Å². The van der Waals surface area contributed by atoms with Gasteiger partial charge in [0.2, 0.25) is 0 Å². The highest BCUT2D eigenvalue weighted by atomic mass is 15.2. The highest BCUT2D eigenvalue weighted by molar-refractivity contribution is 4.87. The maximum Gasteiger partial charge on any atom is 0.00955 e. The van der Waals surface area contributed by atoms with Crippen molar-refractivity contribution in [2.75, 3.05) is 32.7 Å². The Kier molecular flexibility index (Phi) is 13.6. The van der Waals surface area contributed by atoms with E-state index in [4.69, 9.17) is 0 Å². The van der Waals surface area contributed by atoms with Crippen LogP contribution in [0.1, 0.15) is 123 Å². The topological polar surface area (TPSA) is 6.48 Å². The fourth-order valence-corrected chi connectivity index (χ4v) is 5.36. The molecule has 0 bridgehead atoms. The van der Waals surface area contributed by atoms with E-state index < -0.39 is 0 Å². The minimum Gasteiger partial charge on any atom is -0.303 e. The standard InChI is InChI=1S/C26H52N2/c1-3-5-7-10-14-18-26(19-15-11-8-6-4-2)28-23-25(24-28)22-27-20-16-12-9-13-17-21-27/h25-26H,3-24H2,1-2H3. The van der Waals surface area contributed by atoms with Crippen LogP contribution in [0.2, 0.25) is 0 Å². The highest BCUT2D eigenvalue weighted by Crippen LogP contribution is 2.27. The first kappa shape index (κ1) is 24.2. The molecule has 28 heavy (non-hydrogen) atoms. The van der Waals surface area contributed by atoms with Crippen LogP contribution in [0.4, 0.5) is 0 Å². The molecule has 0 aromatic heterocycles. The van der Waals surface area contributed by atoms with Crippen LogP contribution < -0.4 is 0 Å². The summed E-state index contributed by atoms with van der Waals surface area (Å²) >= 11 is 0. The zero-order valence-corrected chi connectivity index (χ0v) is 19.6. The number of likely N-dealkylation sites (tertiary alicyclic amines) is 2. The summed E-state index contributed by atoms with van der Waals surface area (Å²) in [5.41, 5.74) is 0. The molecule has 2 rings (SSSR count). The van der Waals surface area contributed by atoms with E-state index in [2.05, 4.69) is 23.6 Å². The third-order valence-electron chi connectivity index (χ3n) is 7.25. The summed E-state index contributed by atoms with van der Waals surface area (Å²) in [5, 5.41) is 0. The quantitative estimate of drug-likeness (QED) is 0.270. The molecular formula is C26H52N2. The van der Waals surface area contributed by atoms with Crippen molar-refractivity contribution >= 4 is 0 Å². The van der Waals surface area contributed by atoms with E-state index in [0.29, 0.717) is 0 Å². The molecule has 0 radical (unpaired) electrons. The summed E-state index contributed by atoms with van der Waals surface area (Å²) in [6.45, 7) is 11.6. The average molecular weight is 393 g/mol. The van der Waals surface area contributed by atoms with Gasteiger partial charge in [0, 0.05) is 25.7 Å². The summed E-state index contributed by atoms with van der Waals surface area (Å²) in [4.78, 5) is 5.67. The number of hydrogen-bond acceptors (Lipinski definition) is 2. The van der Waals surface area contributed by atoms with Gasteiger partial charge in [0.15, 0.2) is 0 Å². The molecule has 2 fully saturated rings. The summed E-state index contributed by atoms with van der Waals surface area (Å²) in [7, 11) is 0. The van der Waals surface area contributed by atoms with Crippen molar-refractivity contribution in [2.45, 2.75) is 129 Å². The Bertz CT molecular complexity index is 328. The van der Waals surface area contributed by atoms with Gasteiger partial charge in [0.1, 0.15) is 0 Å². The number of hydrogen-bond donors (Lipinski definition) is 0. The second-order valence-electron chi connectivity index (χ2n) is 9.95. The van der Waals surface area contributed by atoms with Gasteiger partial charge in [-0.25, -0.2) is 0 Å². The molecule has 0 aromatic rings. The normalized spacial score (nSPS) is 20.2. The minimum absolute atomic E-state index is 0.895. The zero-order chi connectivity index (χ0) is 19.9. The van der Waals surface area contributed by atoms with Crippen molar-refractivity contribution in [2.24, 2.45) is 5.92 Å². The number of nitrogens with zero attached hydrogens (tertiary/aromatic N) is 2. The molecule has 0 N–H and O–H groups in total. The summed E-state index contributed by atoms with van der Waals surface area (Å²) in [5.74, 6) is 0.960. The van der Waals surface area contributed by atoms with Gasteiger partial charge in [-0.1, -0.05) is 97.3 Å². The monoisotopic (exact) mass is 392 g/mol. The maximum absolute atomic E-state index is 2.87. The predicted molar refractivity (Wildman–Crippen MR) is 125 cm³/mol. The van der Waals surface area contributed by atoms with Gasteiger partial charge in [0.25, 0.3) is 0 Å². The third kappa shape index (κ3) is 10.1. The van der Waals surface area contributed by atoms with Gasteiger partial charge in [-0.15, -0.1) is 0 Å². The average Bonchev–Trinajstić information content (AvgIpc) is 2.64. The van der Waals surface area contributed by atoms with E-state index in [9.17, 15) is 0 Å². The van der Waals surface area contributed by atoms with Crippen molar-refractivity contribution in [3.05, 3.63) is 0 Å². The summed E-state index contributed by atoms with van der Waals surface area (Å²) in [6.07, 6.45) is 24.6. The Balaban J connectivity index is 1.66. The molecule has 2 heterocycles. The van der Waals surface area contributed by atoms with Crippen LogP contribution >= 0.6 is 0 Å². The summed E-state index contributed by atoms with van der Waals surface area (Å²) < 4.78 is 0. The Morgan fingerprint density at radius 3 is 1.68 bits per heavy atom. The first-order valence-electron chi connectivity index (χ1n) is 13.3. The van der Waals surface area contributed by atoms with Crippen LogP contribution in [0.25, 0.3) is 0 Å². The van der Waals surface area contributed by atoms with Crippen LogP contribution in [0.15, 0.2) is 0 Å². The van der Waals surface area contributed by atoms with Crippen molar-refractivity contribution in [1.82, 2.24) is 9.80 Å². The summed E-state index contributed by atoms with van der Waals surface area (Å²) in [6, 6.07) is 0.895. The molecule has 0 aromatic carbocycles. The minimum atomic E-state index is 0.895. The first-order valence-corrected chi connectivity index (χ1v) is 13.3. The van der Waals surface area contributed by atoms with Crippen LogP contribution in [-0.4, -0.2) is 48.6 Å². The Morgan fingerprint density at radius 2 is 1.14 bits per heavy atom. The van der Waals surface area contributed by atoms with E-state index in [0.717, 1.165) is 12.0 Å². The molecule has 2 aliphatic rings. The van der Waals surface area contributed by atoms with Gasteiger partial charge in [-0.3, -0.25) is 4.90 Å². The van der Waals surface area contributed by atoms with Crippen LogP contribution in [-0.2, 0) is 0 Å². The number of rotatable bonds is 15. The molecule has 0 aliphatic carbocycles. The fraction of sp³-hybridized carbons (Fsp3) is 1.00. The lowest BCUT2D eigenvalue weighted by Gasteiger charge is -2.46. The van der Waals surface area contributed by atoms with E-state index >= 15 is 0 Å². The van der Waals surface area contributed by atoms with Crippen molar-refractivity contribution in [1.29, 1.82) is 0 Å². The fourth-order valence-electron chi connectivity index (χ4n) is 5.36. The van der Waals surface area contributed by atoms with Gasteiger partial charge in [-0.2, -0.15) is 0 Å². The second-order valence-corrected chi connectivity index (χ2v) is 9.95. The smallest absolute Gasteiger partial charge is 0.00955 e. The molecule has 2 aliphatic heterocycles. The van der Waals surface area contributed by atoms with Gasteiger partial charge in [-0.05, 0) is 44.7 Å². The van der Waals surface area contributed by atoms with E-state index in [1.807, 2.05) is 0 Å². The van der Waals surface area contributed by atoms with Crippen LogP contribution in [0.3, 0.4) is 0 Å². The SMILES string of the molecule is CCCCCCCC(CCCCCCC)N1CC(CN2CCCCCCC2)C1. The van der Waals surface area contributed by atoms with Crippen LogP contribution in [0.5, 0.6) is 0 Å². The first-order chi connectivity index (χ1) is 13.8. The molecule has 0 spiro atoms. The number of unbranched alkanes of at least 4 members (excludes halogenated alkanes) is 8. The molecule has 0 atom stereocenters. The lowest BCUT2D eigenvalue weighted by atomic mass is 9.91. The van der Waals surface area contributed by atoms with E-state index in [-0.39, 0.29) is 0 Å². The van der Waals surface area contributed by atoms with Crippen molar-refractivity contribution in [3.8, 4) is 0 Å². The maximum atomic E-state index is 2.87. The zero-order valence-electron chi connectivity index (χ0n) is 19.6. The molecule has 0 amide bonds. The molecule has 0 saturated carbocycles. The Labute approximate surface area is 177 Å². The molecule has 2 saturated heterocycles. The van der Waals surface area contributed by atoms with Gasteiger partial charge >= 0.3 is 0 Å². The molecular weight excluding hydrogens is 340 g/mol. The molecule has 0 unspecified atom stereocenters. The molecule has 2 nitrogen and oxygen atoms in total. The third-order valence-corrected chi connectivity index (χ3v) is 7.25. The lowest BCUT2D eigenvalue weighted by Crippen LogP contribution is -2.55. The molecule has 166 valence electrons. The molecule has 2 heteroatoms. The van der Waals surface area contributed by atoms with E-state index in [1.54, 1.807) is 0 Å². The Morgan fingerprint density at radius 1 is 0.643 bits per heavy atom. The highest BCUT2D eigenvalue weighted by Gasteiger charge is 2.32. The lowest BCUT2D eigenvalue weighted by molar-refractivity contribution is 0.0208. The van der Waals surface area contributed by atoms with Gasteiger partial charge in [0.05, 0.1) is 0 Å².